The van der Waals surface area contributed by atoms with Crippen LogP contribution in [-0.2, 0) is 0 Å². The molecule has 0 aliphatic heterocycles. The van der Waals surface area contributed by atoms with Gasteiger partial charge in [-0.2, -0.15) is 0 Å². The van der Waals surface area contributed by atoms with Crippen molar-refractivity contribution in [1.82, 2.24) is 5.32 Å². The van der Waals surface area contributed by atoms with Gasteiger partial charge in [0.2, 0.25) is 0 Å². The zero-order chi connectivity index (χ0) is 18.7. The number of rotatable bonds is 5. The molecule has 2 aromatic carbocycles. The van der Waals surface area contributed by atoms with Gasteiger partial charge in [0.15, 0.2) is 17.3 Å². The molecule has 0 spiro atoms. The first-order valence-electron chi connectivity index (χ1n) is 7.98. The monoisotopic (exact) mass is 357 g/mol. The summed E-state index contributed by atoms with van der Waals surface area (Å²) >= 11 is 0. The van der Waals surface area contributed by atoms with E-state index in [0.29, 0.717) is 16.9 Å². The lowest BCUT2D eigenvalue weighted by Gasteiger charge is -2.14. The third-order valence-electron chi connectivity index (χ3n) is 3.98. The number of ether oxygens (including phenoxy) is 1. The molecule has 26 heavy (non-hydrogen) atoms. The van der Waals surface area contributed by atoms with Crippen molar-refractivity contribution in [2.45, 2.75) is 13.0 Å². The lowest BCUT2D eigenvalue weighted by atomic mass is 10.1. The first-order valence-corrected chi connectivity index (χ1v) is 7.98. The van der Waals surface area contributed by atoms with Crippen molar-refractivity contribution in [1.29, 1.82) is 0 Å². The first-order chi connectivity index (χ1) is 12.5. The standard InChI is InChI=1S/C20H17F2NO3/c1-12(14-5-8-18(25-2)16(22)11-14)23-20(24)19-10-9-17(26-19)13-3-6-15(21)7-4-13/h3-12H,1-2H3,(H,23,24)/t12-/m0/s1. The maximum atomic E-state index is 13.8. The molecule has 6 heteroatoms. The van der Waals surface area contributed by atoms with Crippen LogP contribution in [0, 0.1) is 11.6 Å². The highest BCUT2D eigenvalue weighted by Crippen LogP contribution is 2.24. The SMILES string of the molecule is COc1ccc([C@H](C)NC(=O)c2ccc(-c3ccc(F)cc3)o2)cc1F. The minimum atomic E-state index is -0.498. The van der Waals surface area contributed by atoms with Gasteiger partial charge in [0.05, 0.1) is 13.2 Å². The Morgan fingerprint density at radius 1 is 1.08 bits per heavy atom. The number of hydrogen-bond acceptors (Lipinski definition) is 3. The molecular weight excluding hydrogens is 340 g/mol. The Hall–Kier alpha value is -3.15. The van der Waals surface area contributed by atoms with Crippen LogP contribution in [0.3, 0.4) is 0 Å². The zero-order valence-corrected chi connectivity index (χ0v) is 14.3. The van der Waals surface area contributed by atoms with Gasteiger partial charge in [0.1, 0.15) is 11.6 Å². The number of methoxy groups -OCH3 is 1. The fourth-order valence-corrected chi connectivity index (χ4v) is 2.53. The zero-order valence-electron chi connectivity index (χ0n) is 14.3. The molecule has 1 aromatic heterocycles. The number of carbonyl (C=O) groups excluding carboxylic acids is 1. The second kappa shape index (κ2) is 7.39. The van der Waals surface area contributed by atoms with Gasteiger partial charge in [-0.25, -0.2) is 8.78 Å². The van der Waals surface area contributed by atoms with Crippen molar-refractivity contribution in [3.05, 3.63) is 77.6 Å². The normalized spacial score (nSPS) is 11.8. The second-order valence-corrected chi connectivity index (χ2v) is 5.76. The van der Waals surface area contributed by atoms with Gasteiger partial charge in [-0.15, -0.1) is 0 Å². The van der Waals surface area contributed by atoms with Gasteiger partial charge >= 0.3 is 0 Å². The number of furan rings is 1. The van der Waals surface area contributed by atoms with Crippen LogP contribution in [0.5, 0.6) is 5.75 Å². The van der Waals surface area contributed by atoms with Crippen LogP contribution in [0.1, 0.15) is 29.1 Å². The minimum absolute atomic E-state index is 0.116. The Bertz CT molecular complexity index is 919. The molecule has 0 radical (unpaired) electrons. The van der Waals surface area contributed by atoms with E-state index in [-0.39, 0.29) is 17.3 Å². The maximum Gasteiger partial charge on any atom is 0.287 e. The molecule has 3 aromatic rings. The van der Waals surface area contributed by atoms with Gasteiger partial charge in [-0.1, -0.05) is 6.07 Å². The molecule has 1 N–H and O–H groups in total. The number of benzene rings is 2. The van der Waals surface area contributed by atoms with E-state index in [4.69, 9.17) is 9.15 Å². The Morgan fingerprint density at radius 3 is 2.46 bits per heavy atom. The topological polar surface area (TPSA) is 51.5 Å². The molecule has 0 aliphatic rings. The largest absolute Gasteiger partial charge is 0.494 e. The third kappa shape index (κ3) is 3.74. The van der Waals surface area contributed by atoms with Gasteiger partial charge in [-0.05, 0) is 61.0 Å². The number of halogens is 2. The molecule has 0 saturated heterocycles. The van der Waals surface area contributed by atoms with Crippen LogP contribution < -0.4 is 10.1 Å². The molecule has 0 saturated carbocycles. The molecule has 0 fully saturated rings. The van der Waals surface area contributed by atoms with Crippen molar-refractivity contribution in [2.75, 3.05) is 7.11 Å². The van der Waals surface area contributed by atoms with Crippen LogP contribution in [0.15, 0.2) is 59.0 Å². The fourth-order valence-electron chi connectivity index (χ4n) is 2.53. The van der Waals surface area contributed by atoms with Crippen molar-refractivity contribution in [3.8, 4) is 17.1 Å². The number of hydrogen-bond donors (Lipinski definition) is 1. The highest BCUT2D eigenvalue weighted by Gasteiger charge is 2.17. The van der Waals surface area contributed by atoms with Crippen LogP contribution >= 0.6 is 0 Å². The average Bonchev–Trinajstić information content (AvgIpc) is 3.12. The van der Waals surface area contributed by atoms with Crippen molar-refractivity contribution < 1.29 is 22.7 Å². The highest BCUT2D eigenvalue weighted by atomic mass is 19.1. The first kappa shape index (κ1) is 17.7. The second-order valence-electron chi connectivity index (χ2n) is 5.76. The molecule has 0 aliphatic carbocycles. The Kier molecular flexibility index (Phi) is 5.02. The van der Waals surface area contributed by atoms with E-state index in [1.54, 1.807) is 31.2 Å². The van der Waals surface area contributed by atoms with Crippen LogP contribution in [0.25, 0.3) is 11.3 Å². The van der Waals surface area contributed by atoms with Crippen LogP contribution in [0.2, 0.25) is 0 Å². The highest BCUT2D eigenvalue weighted by molar-refractivity contribution is 5.92. The predicted molar refractivity (Wildman–Crippen MR) is 92.9 cm³/mol. The quantitative estimate of drug-likeness (QED) is 0.719. The van der Waals surface area contributed by atoms with Gasteiger partial charge < -0.3 is 14.5 Å². The smallest absolute Gasteiger partial charge is 0.287 e. The summed E-state index contributed by atoms with van der Waals surface area (Å²) in [6.07, 6.45) is 0. The average molecular weight is 357 g/mol. The minimum Gasteiger partial charge on any atom is -0.494 e. The molecule has 1 amide bonds. The van der Waals surface area contributed by atoms with E-state index in [9.17, 15) is 13.6 Å². The van der Waals surface area contributed by atoms with E-state index in [2.05, 4.69) is 5.32 Å². The number of carbonyl (C=O) groups is 1. The van der Waals surface area contributed by atoms with E-state index in [1.807, 2.05) is 0 Å². The molecule has 0 unspecified atom stereocenters. The van der Waals surface area contributed by atoms with Crippen LogP contribution in [0.4, 0.5) is 8.78 Å². The summed E-state index contributed by atoms with van der Waals surface area (Å²) in [5.41, 5.74) is 1.26. The number of amides is 1. The van der Waals surface area contributed by atoms with Gasteiger partial charge in [-0.3, -0.25) is 4.79 Å². The molecule has 3 rings (SSSR count). The van der Waals surface area contributed by atoms with Gasteiger partial charge in [0, 0.05) is 5.56 Å². The molecule has 4 nitrogen and oxygen atoms in total. The molecule has 1 heterocycles. The molecule has 0 bridgehead atoms. The van der Waals surface area contributed by atoms with E-state index in [1.165, 1.54) is 37.4 Å². The lowest BCUT2D eigenvalue weighted by Crippen LogP contribution is -2.26. The maximum absolute atomic E-state index is 13.8. The Morgan fingerprint density at radius 2 is 1.81 bits per heavy atom. The summed E-state index contributed by atoms with van der Waals surface area (Å²) in [7, 11) is 1.39. The van der Waals surface area contributed by atoms with Gasteiger partial charge in [0.25, 0.3) is 5.91 Å². The predicted octanol–water partition coefficient (Wildman–Crippen LogP) is 4.72. The van der Waals surface area contributed by atoms with Crippen molar-refractivity contribution in [3.63, 3.8) is 0 Å². The Balaban J connectivity index is 1.72. The summed E-state index contributed by atoms with van der Waals surface area (Å²) < 4.78 is 37.2. The fraction of sp³-hybridized carbons (Fsp3) is 0.150. The molecular formula is C20H17F2NO3. The number of nitrogens with one attached hydrogen (secondary N) is 1. The van der Waals surface area contributed by atoms with Crippen LogP contribution in [-0.4, -0.2) is 13.0 Å². The molecule has 134 valence electrons. The lowest BCUT2D eigenvalue weighted by molar-refractivity contribution is 0.0912. The van der Waals surface area contributed by atoms with Crippen molar-refractivity contribution in [2.24, 2.45) is 0 Å². The summed E-state index contributed by atoms with van der Waals surface area (Å²) in [6, 6.07) is 13.0. The van der Waals surface area contributed by atoms with E-state index in [0.717, 1.165) is 0 Å². The summed E-state index contributed by atoms with van der Waals surface area (Å²) in [6.45, 7) is 1.74. The molecule has 1 atom stereocenters. The van der Waals surface area contributed by atoms with Crippen molar-refractivity contribution >= 4 is 5.91 Å². The van der Waals surface area contributed by atoms with E-state index < -0.39 is 17.8 Å². The Labute approximate surface area is 149 Å². The summed E-state index contributed by atoms with van der Waals surface area (Å²) in [5.74, 6) is -0.561. The van der Waals surface area contributed by atoms with E-state index >= 15 is 0 Å². The summed E-state index contributed by atoms with van der Waals surface area (Å²) in [5, 5.41) is 2.75. The summed E-state index contributed by atoms with van der Waals surface area (Å²) in [4.78, 5) is 12.4. The third-order valence-corrected chi connectivity index (χ3v) is 3.98.